The van der Waals surface area contributed by atoms with E-state index in [2.05, 4.69) is 10.0 Å². The van der Waals surface area contributed by atoms with Gasteiger partial charge in [0.1, 0.15) is 11.0 Å². The van der Waals surface area contributed by atoms with Crippen LogP contribution in [-0.2, 0) is 18.0 Å². The number of pyridine rings is 1. The van der Waals surface area contributed by atoms with E-state index in [1.807, 2.05) is 31.2 Å². The molecule has 0 amide bonds. The van der Waals surface area contributed by atoms with Gasteiger partial charge in [-0.25, -0.2) is 4.21 Å². The van der Waals surface area contributed by atoms with E-state index in [-0.39, 0.29) is 16.9 Å². The number of hydrogen-bond donors (Lipinski definition) is 3. The lowest BCUT2D eigenvalue weighted by Crippen LogP contribution is -2.25. The minimum atomic E-state index is -1.28. The van der Waals surface area contributed by atoms with Crippen LogP contribution < -0.4 is 15.6 Å². The van der Waals surface area contributed by atoms with Crippen LogP contribution in [0, 0.1) is 6.92 Å². The van der Waals surface area contributed by atoms with Gasteiger partial charge in [-0.1, -0.05) is 17.7 Å². The molecular formula is C19H25N3O3S. The lowest BCUT2D eigenvalue weighted by molar-refractivity contribution is 0.283. The van der Waals surface area contributed by atoms with Gasteiger partial charge in [-0.15, -0.1) is 0 Å². The van der Waals surface area contributed by atoms with Crippen LogP contribution in [0.3, 0.4) is 0 Å². The molecule has 26 heavy (non-hydrogen) atoms. The Hall–Kier alpha value is -2.12. The zero-order chi connectivity index (χ0) is 18.7. The summed E-state index contributed by atoms with van der Waals surface area (Å²) in [6.45, 7) is 2.12. The van der Waals surface area contributed by atoms with Crippen LogP contribution >= 0.6 is 0 Å². The van der Waals surface area contributed by atoms with E-state index in [4.69, 9.17) is 5.11 Å². The van der Waals surface area contributed by atoms with Crippen molar-refractivity contribution >= 4 is 28.0 Å². The Labute approximate surface area is 155 Å². The molecule has 1 aromatic carbocycles. The van der Waals surface area contributed by atoms with E-state index < -0.39 is 11.0 Å². The van der Waals surface area contributed by atoms with Crippen LogP contribution in [0.15, 0.2) is 41.3 Å². The van der Waals surface area contributed by atoms with Crippen molar-refractivity contribution in [1.82, 2.24) is 4.57 Å². The van der Waals surface area contributed by atoms with Crippen LogP contribution in [0.25, 0.3) is 0 Å². The van der Waals surface area contributed by atoms with Crippen LogP contribution in [0.1, 0.15) is 31.2 Å². The molecule has 6 nitrogen and oxygen atoms in total. The first-order chi connectivity index (χ1) is 12.4. The highest BCUT2D eigenvalue weighted by Gasteiger charge is 2.48. The minimum Gasteiger partial charge on any atom is -0.396 e. The van der Waals surface area contributed by atoms with E-state index in [1.165, 1.54) is 10.6 Å². The highest BCUT2D eigenvalue weighted by Crippen LogP contribution is 2.46. The van der Waals surface area contributed by atoms with E-state index >= 15 is 0 Å². The fraction of sp³-hybridized carbons (Fsp3) is 0.421. The maximum absolute atomic E-state index is 12.9. The molecule has 3 N–H and O–H groups in total. The van der Waals surface area contributed by atoms with E-state index in [9.17, 15) is 9.00 Å². The number of benzene rings is 1. The Morgan fingerprint density at radius 3 is 2.54 bits per heavy atom. The van der Waals surface area contributed by atoms with Gasteiger partial charge in [-0.05, 0) is 44.7 Å². The quantitative estimate of drug-likeness (QED) is 0.662. The van der Waals surface area contributed by atoms with Crippen molar-refractivity contribution in [1.29, 1.82) is 0 Å². The minimum absolute atomic E-state index is 0.110. The highest BCUT2D eigenvalue weighted by atomic mass is 32.2. The smallest absolute Gasteiger partial charge is 0.252 e. The third-order valence-electron chi connectivity index (χ3n) is 4.75. The second-order valence-corrected chi connectivity index (χ2v) is 8.53. The van der Waals surface area contributed by atoms with Crippen molar-refractivity contribution in [3.8, 4) is 0 Å². The van der Waals surface area contributed by atoms with Crippen molar-refractivity contribution < 1.29 is 9.32 Å². The van der Waals surface area contributed by atoms with Crippen molar-refractivity contribution in [2.45, 2.75) is 37.4 Å². The first kappa shape index (κ1) is 18.7. The van der Waals surface area contributed by atoms with Crippen molar-refractivity contribution in [3.63, 3.8) is 0 Å². The summed E-state index contributed by atoms with van der Waals surface area (Å²) in [6.07, 6.45) is 4.82. The lowest BCUT2D eigenvalue weighted by Gasteiger charge is -2.19. The second-order valence-electron chi connectivity index (χ2n) is 6.92. The number of aromatic nitrogens is 1. The van der Waals surface area contributed by atoms with Gasteiger partial charge in [-0.3, -0.25) is 4.79 Å². The molecule has 1 saturated carbocycles. The van der Waals surface area contributed by atoms with Gasteiger partial charge < -0.3 is 19.7 Å². The number of aryl methyl sites for hydroxylation is 2. The maximum atomic E-state index is 12.9. The average molecular weight is 375 g/mol. The number of rotatable bonds is 8. The second kappa shape index (κ2) is 7.63. The third kappa shape index (κ3) is 4.16. The molecule has 1 aliphatic rings. The fourth-order valence-electron chi connectivity index (χ4n) is 2.88. The number of nitrogens with one attached hydrogen (secondary N) is 2. The molecule has 0 radical (unpaired) electrons. The average Bonchev–Trinajstić information content (AvgIpc) is 3.40. The number of anilines is 3. The summed E-state index contributed by atoms with van der Waals surface area (Å²) >= 11 is 0. The van der Waals surface area contributed by atoms with Gasteiger partial charge in [-0.2, -0.15) is 0 Å². The predicted octanol–water partition coefficient (Wildman–Crippen LogP) is 2.82. The monoisotopic (exact) mass is 375 g/mol. The summed E-state index contributed by atoms with van der Waals surface area (Å²) in [4.78, 5) is 12.1. The number of aliphatic hydroxyl groups excluding tert-OH is 1. The summed E-state index contributed by atoms with van der Waals surface area (Å²) in [5, 5.41) is 12.3. The largest absolute Gasteiger partial charge is 0.396 e. The molecule has 1 aliphatic carbocycles. The maximum Gasteiger partial charge on any atom is 0.252 e. The van der Waals surface area contributed by atoms with E-state index in [1.54, 1.807) is 13.2 Å². The molecule has 1 atom stereocenters. The van der Waals surface area contributed by atoms with Crippen molar-refractivity contribution in [2.24, 2.45) is 7.05 Å². The first-order valence-corrected chi connectivity index (χ1v) is 9.92. The Balaban J connectivity index is 1.84. The molecule has 7 heteroatoms. The van der Waals surface area contributed by atoms with Gasteiger partial charge in [0.2, 0.25) is 0 Å². The van der Waals surface area contributed by atoms with Crippen LogP contribution in [0.2, 0.25) is 0 Å². The molecule has 3 rings (SSSR count). The van der Waals surface area contributed by atoms with E-state index in [0.717, 1.165) is 30.5 Å². The molecule has 1 heterocycles. The van der Waals surface area contributed by atoms with Gasteiger partial charge in [0, 0.05) is 31.6 Å². The molecule has 1 aromatic heterocycles. The van der Waals surface area contributed by atoms with Gasteiger partial charge in [0.25, 0.3) is 5.56 Å². The lowest BCUT2D eigenvalue weighted by atomic mass is 10.2. The Morgan fingerprint density at radius 1 is 1.23 bits per heavy atom. The SMILES string of the molecule is Cc1ccc(Nc2cc(=O)n(C)cc2NS(=O)C2(CCCO)CC2)cc1. The Kier molecular flexibility index (Phi) is 5.48. The molecule has 0 bridgehead atoms. The van der Waals surface area contributed by atoms with E-state index in [0.29, 0.717) is 17.8 Å². The van der Waals surface area contributed by atoms with Crippen molar-refractivity contribution in [2.75, 3.05) is 16.6 Å². The highest BCUT2D eigenvalue weighted by molar-refractivity contribution is 7.88. The van der Waals surface area contributed by atoms with Gasteiger partial charge >= 0.3 is 0 Å². The van der Waals surface area contributed by atoms with Crippen LogP contribution in [0.4, 0.5) is 17.1 Å². The molecule has 0 aliphatic heterocycles. The molecular weight excluding hydrogens is 350 g/mol. The van der Waals surface area contributed by atoms with Crippen LogP contribution in [-0.4, -0.2) is 25.2 Å². The number of hydrogen-bond acceptors (Lipinski definition) is 4. The molecule has 0 saturated heterocycles. The Bertz CT molecular complexity index is 857. The summed E-state index contributed by atoms with van der Waals surface area (Å²) in [5.41, 5.74) is 3.10. The zero-order valence-electron chi connectivity index (χ0n) is 15.1. The normalized spacial score (nSPS) is 16.1. The van der Waals surface area contributed by atoms with Crippen LogP contribution in [0.5, 0.6) is 0 Å². The summed E-state index contributed by atoms with van der Waals surface area (Å²) in [7, 11) is 0.396. The molecule has 1 fully saturated rings. The molecule has 1 unspecified atom stereocenters. The summed E-state index contributed by atoms with van der Waals surface area (Å²) in [6, 6.07) is 9.37. The summed E-state index contributed by atoms with van der Waals surface area (Å²) < 4.78 is 17.1. The Morgan fingerprint density at radius 2 is 1.92 bits per heavy atom. The number of aliphatic hydroxyl groups is 1. The topological polar surface area (TPSA) is 83.4 Å². The molecule has 2 aromatic rings. The molecule has 0 spiro atoms. The predicted molar refractivity (Wildman–Crippen MR) is 106 cm³/mol. The van der Waals surface area contributed by atoms with Crippen molar-refractivity contribution in [3.05, 3.63) is 52.4 Å². The first-order valence-electron chi connectivity index (χ1n) is 8.77. The zero-order valence-corrected chi connectivity index (χ0v) is 15.9. The fourth-order valence-corrected chi connectivity index (χ4v) is 4.27. The third-order valence-corrected chi connectivity index (χ3v) is 6.56. The van der Waals surface area contributed by atoms with Gasteiger partial charge in [0.15, 0.2) is 0 Å². The standard InChI is InChI=1S/C19H25N3O3S/c1-14-4-6-15(7-5-14)20-16-12-18(24)22(2)13-17(16)21-26(25)19(9-10-19)8-3-11-23/h4-7,12-13,20-21,23H,3,8-11H2,1-2H3. The molecule has 140 valence electrons. The summed E-state index contributed by atoms with van der Waals surface area (Å²) in [5.74, 6) is 0. The van der Waals surface area contributed by atoms with Gasteiger partial charge in [0.05, 0.1) is 16.1 Å². The number of nitrogens with zero attached hydrogens (tertiary/aromatic N) is 1.